The van der Waals surface area contributed by atoms with Crippen molar-refractivity contribution in [3.8, 4) is 0 Å². The number of hydrogen-bond acceptors (Lipinski definition) is 4. The van der Waals surface area contributed by atoms with Crippen molar-refractivity contribution in [3.05, 3.63) is 11.4 Å². The molecule has 7 nitrogen and oxygen atoms in total. The molecule has 1 heterocycles. The van der Waals surface area contributed by atoms with E-state index in [1.165, 1.54) is 9.80 Å². The van der Waals surface area contributed by atoms with Crippen LogP contribution in [0.4, 0.5) is 5.69 Å². The summed E-state index contributed by atoms with van der Waals surface area (Å²) in [6.07, 6.45) is 0.758. The maximum atomic E-state index is 12.5. The molecule has 0 atom stereocenters. The minimum atomic E-state index is -0.312. The Morgan fingerprint density at radius 1 is 1.33 bits per heavy atom. The molecule has 0 radical (unpaired) electrons. The van der Waals surface area contributed by atoms with Gasteiger partial charge in [0.15, 0.2) is 5.69 Å². The number of hydrogen-bond donors (Lipinski definition) is 2. The van der Waals surface area contributed by atoms with Crippen molar-refractivity contribution in [2.24, 2.45) is 0 Å². The van der Waals surface area contributed by atoms with E-state index in [0.717, 1.165) is 12.1 Å². The van der Waals surface area contributed by atoms with Crippen LogP contribution in [-0.2, 0) is 4.79 Å². The Labute approximate surface area is 125 Å². The van der Waals surface area contributed by atoms with Gasteiger partial charge in [0.25, 0.3) is 5.91 Å². The molecular weight excluding hydrogens is 270 g/mol. The summed E-state index contributed by atoms with van der Waals surface area (Å²) in [5.41, 5.74) is 7.30. The van der Waals surface area contributed by atoms with Gasteiger partial charge in [-0.25, -0.2) is 0 Å². The molecule has 0 aliphatic rings. The first kappa shape index (κ1) is 17.0. The van der Waals surface area contributed by atoms with Gasteiger partial charge in [0.2, 0.25) is 5.91 Å². The fourth-order valence-corrected chi connectivity index (χ4v) is 1.94. The molecule has 2 amide bonds. The first-order valence-corrected chi connectivity index (χ1v) is 7.12. The Morgan fingerprint density at radius 3 is 2.38 bits per heavy atom. The van der Waals surface area contributed by atoms with Crippen molar-refractivity contribution < 1.29 is 9.59 Å². The van der Waals surface area contributed by atoms with Gasteiger partial charge in [0.05, 0.1) is 11.4 Å². The standard InChI is InChI=1S/C14H25N5O2/c1-6-7-19(8-10(20)18(4)5)14(21)13-11(15)12(9(2)3)16-17-13/h9H,6-8,15H2,1-5H3,(H,16,17). The highest BCUT2D eigenvalue weighted by Gasteiger charge is 2.25. The Morgan fingerprint density at radius 2 is 1.95 bits per heavy atom. The molecule has 0 aromatic carbocycles. The van der Waals surface area contributed by atoms with Gasteiger partial charge in [-0.3, -0.25) is 14.7 Å². The fraction of sp³-hybridized carbons (Fsp3) is 0.643. The maximum Gasteiger partial charge on any atom is 0.276 e. The third kappa shape index (κ3) is 3.96. The lowest BCUT2D eigenvalue weighted by molar-refractivity contribution is -0.129. The van der Waals surface area contributed by atoms with E-state index in [1.807, 2.05) is 20.8 Å². The number of carbonyl (C=O) groups excluding carboxylic acids is 2. The number of likely N-dealkylation sites (N-methyl/N-ethyl adjacent to an activating group) is 1. The topological polar surface area (TPSA) is 95.3 Å². The summed E-state index contributed by atoms with van der Waals surface area (Å²) in [5, 5.41) is 6.84. The fourth-order valence-electron chi connectivity index (χ4n) is 1.94. The van der Waals surface area contributed by atoms with Crippen molar-refractivity contribution in [1.29, 1.82) is 0 Å². The van der Waals surface area contributed by atoms with Gasteiger partial charge in [0, 0.05) is 20.6 Å². The molecule has 0 spiro atoms. The van der Waals surface area contributed by atoms with Crippen LogP contribution in [-0.4, -0.2) is 59.0 Å². The molecule has 1 aromatic heterocycles. The predicted molar refractivity (Wildman–Crippen MR) is 82.0 cm³/mol. The van der Waals surface area contributed by atoms with E-state index >= 15 is 0 Å². The summed E-state index contributed by atoms with van der Waals surface area (Å²) in [4.78, 5) is 27.3. The number of rotatable bonds is 6. The molecule has 1 rings (SSSR count). The van der Waals surface area contributed by atoms with Crippen LogP contribution in [0, 0.1) is 0 Å². The zero-order valence-electron chi connectivity index (χ0n) is 13.4. The highest BCUT2D eigenvalue weighted by molar-refractivity contribution is 5.99. The molecule has 0 saturated heterocycles. The van der Waals surface area contributed by atoms with Crippen molar-refractivity contribution >= 4 is 17.5 Å². The van der Waals surface area contributed by atoms with Gasteiger partial charge < -0.3 is 15.5 Å². The molecule has 0 saturated carbocycles. The van der Waals surface area contributed by atoms with Crippen LogP contribution >= 0.6 is 0 Å². The van der Waals surface area contributed by atoms with Crippen LogP contribution < -0.4 is 5.73 Å². The van der Waals surface area contributed by atoms with Crippen LogP contribution in [0.2, 0.25) is 0 Å². The summed E-state index contributed by atoms with van der Waals surface area (Å²) in [6, 6.07) is 0. The second-order valence-corrected chi connectivity index (χ2v) is 5.57. The lowest BCUT2D eigenvalue weighted by atomic mass is 10.1. The van der Waals surface area contributed by atoms with Crippen LogP contribution in [0.25, 0.3) is 0 Å². The summed E-state index contributed by atoms with van der Waals surface area (Å²) < 4.78 is 0. The number of nitrogens with two attached hydrogens (primary N) is 1. The van der Waals surface area contributed by atoms with Crippen LogP contribution in [0.5, 0.6) is 0 Å². The van der Waals surface area contributed by atoms with Crippen molar-refractivity contribution in [1.82, 2.24) is 20.0 Å². The van der Waals surface area contributed by atoms with Gasteiger partial charge in [-0.1, -0.05) is 20.8 Å². The molecule has 0 bridgehead atoms. The Hall–Kier alpha value is -2.05. The van der Waals surface area contributed by atoms with Crippen molar-refractivity contribution in [2.45, 2.75) is 33.1 Å². The van der Waals surface area contributed by atoms with Crippen molar-refractivity contribution in [2.75, 3.05) is 32.9 Å². The van der Waals surface area contributed by atoms with E-state index in [9.17, 15) is 9.59 Å². The van der Waals surface area contributed by atoms with Gasteiger partial charge >= 0.3 is 0 Å². The predicted octanol–water partition coefficient (Wildman–Crippen LogP) is 1.06. The quantitative estimate of drug-likeness (QED) is 0.820. The average Bonchev–Trinajstić information content (AvgIpc) is 2.79. The molecule has 0 unspecified atom stereocenters. The lowest BCUT2D eigenvalue weighted by Crippen LogP contribution is -2.41. The molecular formula is C14H25N5O2. The monoisotopic (exact) mass is 295 g/mol. The first-order valence-electron chi connectivity index (χ1n) is 7.12. The Kier molecular flexibility index (Phi) is 5.75. The summed E-state index contributed by atoms with van der Waals surface area (Å²) in [5.74, 6) is -0.287. The number of carbonyl (C=O) groups is 2. The molecule has 0 aliphatic heterocycles. The highest BCUT2D eigenvalue weighted by Crippen LogP contribution is 2.23. The second kappa shape index (κ2) is 7.10. The molecule has 0 fully saturated rings. The third-order valence-corrected chi connectivity index (χ3v) is 3.22. The van der Waals surface area contributed by atoms with Gasteiger partial charge in [-0.2, -0.15) is 5.10 Å². The van der Waals surface area contributed by atoms with Crippen LogP contribution in [0.3, 0.4) is 0 Å². The number of aromatic nitrogens is 2. The van der Waals surface area contributed by atoms with Gasteiger partial charge in [-0.15, -0.1) is 0 Å². The minimum absolute atomic E-state index is 0.0307. The molecule has 1 aromatic rings. The SMILES string of the molecule is CCCN(CC(=O)N(C)C)C(=O)c1n[nH]c(C(C)C)c1N. The van der Waals surface area contributed by atoms with Gasteiger partial charge in [0.1, 0.15) is 6.54 Å². The molecule has 3 N–H and O–H groups in total. The molecule has 0 aliphatic carbocycles. The van der Waals surface area contributed by atoms with Gasteiger partial charge in [-0.05, 0) is 12.3 Å². The first-order chi connectivity index (χ1) is 9.79. The molecule has 118 valence electrons. The summed E-state index contributed by atoms with van der Waals surface area (Å²) >= 11 is 0. The van der Waals surface area contributed by atoms with E-state index < -0.39 is 0 Å². The Balaban J connectivity index is 2.98. The number of nitrogen functional groups attached to an aromatic ring is 1. The Bertz CT molecular complexity index is 507. The van der Waals surface area contributed by atoms with E-state index in [-0.39, 0.29) is 30.0 Å². The normalized spacial score (nSPS) is 10.8. The zero-order valence-corrected chi connectivity index (χ0v) is 13.4. The number of amides is 2. The van der Waals surface area contributed by atoms with Crippen LogP contribution in [0.15, 0.2) is 0 Å². The smallest absolute Gasteiger partial charge is 0.276 e. The van der Waals surface area contributed by atoms with E-state index in [2.05, 4.69) is 10.2 Å². The number of nitrogens with one attached hydrogen (secondary N) is 1. The highest BCUT2D eigenvalue weighted by atomic mass is 16.2. The van der Waals surface area contributed by atoms with Crippen LogP contribution in [0.1, 0.15) is 49.3 Å². The number of anilines is 1. The number of aromatic amines is 1. The largest absolute Gasteiger partial charge is 0.395 e. The second-order valence-electron chi connectivity index (χ2n) is 5.57. The van der Waals surface area contributed by atoms with E-state index in [1.54, 1.807) is 14.1 Å². The third-order valence-electron chi connectivity index (χ3n) is 3.22. The zero-order chi connectivity index (χ0) is 16.2. The number of nitrogens with zero attached hydrogens (tertiary/aromatic N) is 3. The molecule has 21 heavy (non-hydrogen) atoms. The lowest BCUT2D eigenvalue weighted by Gasteiger charge is -2.22. The summed E-state index contributed by atoms with van der Waals surface area (Å²) in [6.45, 7) is 6.41. The van der Waals surface area contributed by atoms with E-state index in [4.69, 9.17) is 5.73 Å². The molecule has 7 heteroatoms. The average molecular weight is 295 g/mol. The van der Waals surface area contributed by atoms with E-state index in [0.29, 0.717) is 12.2 Å². The number of H-pyrrole nitrogens is 1. The maximum absolute atomic E-state index is 12.5. The van der Waals surface area contributed by atoms with Crippen molar-refractivity contribution in [3.63, 3.8) is 0 Å². The minimum Gasteiger partial charge on any atom is -0.395 e. The summed E-state index contributed by atoms with van der Waals surface area (Å²) in [7, 11) is 3.33.